The van der Waals surface area contributed by atoms with Gasteiger partial charge >= 0.3 is 0 Å². The van der Waals surface area contributed by atoms with Crippen molar-refractivity contribution in [1.29, 1.82) is 0 Å². The molecule has 1 aromatic carbocycles. The molecule has 1 rings (SSSR count). The van der Waals surface area contributed by atoms with Crippen LogP contribution in [0.4, 0.5) is 4.39 Å². The Kier molecular flexibility index (Phi) is 16.9. The fourth-order valence-corrected chi connectivity index (χ4v) is 3.91. The number of nitrogens with zero attached hydrogens (tertiary/aromatic N) is 1. The summed E-state index contributed by atoms with van der Waals surface area (Å²) in [5.74, 6) is -0.697. The van der Waals surface area contributed by atoms with Gasteiger partial charge in [-0.1, -0.05) is 79.1 Å². The molecule has 1 N–H and O–H groups in total. The third-order valence-corrected chi connectivity index (χ3v) is 6.02. The summed E-state index contributed by atoms with van der Waals surface area (Å²) in [5.41, 5.74) is 0.268. The van der Waals surface area contributed by atoms with Crippen LogP contribution in [0, 0.1) is 5.82 Å². The maximum atomic E-state index is 14.3. The van der Waals surface area contributed by atoms with Crippen molar-refractivity contribution in [3.05, 3.63) is 54.4 Å². The normalized spacial score (nSPS) is 12.4. The summed E-state index contributed by atoms with van der Waals surface area (Å²) in [4.78, 5) is 14.5. The number of unbranched alkanes of at least 4 members (excludes halogenated alkanes) is 7. The predicted molar refractivity (Wildman–Crippen MR) is 139 cm³/mol. The van der Waals surface area contributed by atoms with Crippen LogP contribution in [0.25, 0.3) is 0 Å². The zero-order valence-corrected chi connectivity index (χ0v) is 21.7. The monoisotopic (exact) mass is 525 g/mol. The van der Waals surface area contributed by atoms with Crippen LogP contribution in [0.5, 0.6) is 5.75 Å². The molecule has 0 fully saturated rings. The second-order valence-corrected chi connectivity index (χ2v) is 9.32. The summed E-state index contributed by atoms with van der Waals surface area (Å²) in [7, 11) is 1.98. The Labute approximate surface area is 208 Å². The summed E-state index contributed by atoms with van der Waals surface area (Å²) in [6, 6.07) is 4.23. The molecule has 0 heterocycles. The van der Waals surface area contributed by atoms with Crippen molar-refractivity contribution in [2.45, 2.75) is 70.3 Å². The van der Waals surface area contributed by atoms with Crippen LogP contribution in [0.2, 0.25) is 0 Å². The lowest BCUT2D eigenvalue weighted by Gasteiger charge is -2.11. The molecular weight excluding hydrogens is 485 g/mol. The first-order chi connectivity index (χ1) is 16.0. The molecule has 1 unspecified atom stereocenters. The van der Waals surface area contributed by atoms with Gasteiger partial charge in [-0.25, -0.2) is 4.39 Å². The van der Waals surface area contributed by atoms with Crippen molar-refractivity contribution < 1.29 is 19.0 Å². The zero-order chi connectivity index (χ0) is 24.3. The summed E-state index contributed by atoms with van der Waals surface area (Å²) in [5, 5.41) is 11.3. The molecule has 0 aromatic heterocycles. The number of rotatable bonds is 20. The van der Waals surface area contributed by atoms with E-state index in [4.69, 9.17) is 4.74 Å². The largest absolute Gasteiger partial charge is 0.486 e. The molecule has 0 aliphatic carbocycles. The van der Waals surface area contributed by atoms with E-state index in [1.807, 2.05) is 25.3 Å². The Balaban J connectivity index is 2.28. The van der Waals surface area contributed by atoms with E-state index in [-0.39, 0.29) is 30.1 Å². The first kappa shape index (κ1) is 29.5. The van der Waals surface area contributed by atoms with Crippen LogP contribution < -0.4 is 4.74 Å². The fraction of sp³-hybridized carbons (Fsp3) is 0.593. The Morgan fingerprint density at radius 3 is 2.42 bits per heavy atom. The van der Waals surface area contributed by atoms with Gasteiger partial charge in [0.25, 0.3) is 0 Å². The number of likely N-dealkylation sites (N-methyl/N-ethyl adjacent to an activating group) is 1. The minimum absolute atomic E-state index is 0.0210. The molecule has 1 aromatic rings. The van der Waals surface area contributed by atoms with Gasteiger partial charge in [0.15, 0.2) is 17.3 Å². The summed E-state index contributed by atoms with van der Waals surface area (Å²) >= 11 is 3.45. The Morgan fingerprint density at radius 1 is 1.12 bits per heavy atom. The first-order valence-electron chi connectivity index (χ1n) is 12.1. The highest BCUT2D eigenvalue weighted by atomic mass is 79.9. The molecule has 0 bridgehead atoms. The van der Waals surface area contributed by atoms with Crippen LogP contribution in [0.1, 0.15) is 74.6 Å². The third kappa shape index (κ3) is 14.4. The third-order valence-electron chi connectivity index (χ3n) is 5.46. The van der Waals surface area contributed by atoms with Gasteiger partial charge in [-0.2, -0.15) is 0 Å². The second kappa shape index (κ2) is 18.9. The van der Waals surface area contributed by atoms with Gasteiger partial charge in [0.05, 0.1) is 6.10 Å². The minimum Gasteiger partial charge on any atom is -0.486 e. The molecule has 0 aliphatic rings. The van der Waals surface area contributed by atoms with E-state index in [9.17, 15) is 14.3 Å². The molecular formula is C27H41BrFNO3. The summed E-state index contributed by atoms with van der Waals surface area (Å²) in [6.45, 7) is 5.49. The molecule has 0 radical (unpaired) electrons. The number of alkyl halides is 1. The number of carbonyl (C=O) groups is 1. The molecule has 0 spiro atoms. The average Bonchev–Trinajstić information content (AvgIpc) is 2.78. The lowest BCUT2D eigenvalue weighted by molar-refractivity contribution is 0.0863. The Morgan fingerprint density at radius 2 is 1.79 bits per heavy atom. The lowest BCUT2D eigenvalue weighted by Crippen LogP contribution is -2.17. The molecule has 4 nitrogen and oxygen atoms in total. The quantitative estimate of drug-likeness (QED) is 0.0887. The van der Waals surface area contributed by atoms with Gasteiger partial charge in [0, 0.05) is 30.4 Å². The maximum Gasteiger partial charge on any atom is 0.165 e. The Bertz CT molecular complexity index is 711. The van der Waals surface area contributed by atoms with Crippen molar-refractivity contribution in [3.63, 3.8) is 0 Å². The van der Waals surface area contributed by atoms with Gasteiger partial charge in [0.1, 0.15) is 6.61 Å². The average molecular weight is 527 g/mol. The number of ether oxygens (including phenoxy) is 1. The van der Waals surface area contributed by atoms with Crippen molar-refractivity contribution in [3.8, 4) is 5.75 Å². The number of halogens is 2. The number of aliphatic hydroxyl groups excluding tert-OH is 1. The van der Waals surface area contributed by atoms with Gasteiger partial charge in [-0.3, -0.25) is 9.69 Å². The van der Waals surface area contributed by atoms with Crippen molar-refractivity contribution in [2.75, 3.05) is 32.1 Å². The molecule has 186 valence electrons. The van der Waals surface area contributed by atoms with E-state index in [0.29, 0.717) is 6.42 Å². The van der Waals surface area contributed by atoms with E-state index < -0.39 is 11.9 Å². The van der Waals surface area contributed by atoms with Crippen LogP contribution in [0.3, 0.4) is 0 Å². The summed E-state index contributed by atoms with van der Waals surface area (Å²) < 4.78 is 19.8. The fourth-order valence-electron chi connectivity index (χ4n) is 3.52. The maximum absolute atomic E-state index is 14.3. The first-order valence-corrected chi connectivity index (χ1v) is 13.2. The second-order valence-electron chi connectivity index (χ2n) is 8.52. The van der Waals surface area contributed by atoms with E-state index in [1.165, 1.54) is 50.7 Å². The van der Waals surface area contributed by atoms with E-state index in [2.05, 4.69) is 27.4 Å². The van der Waals surface area contributed by atoms with Gasteiger partial charge in [-0.05, 0) is 38.1 Å². The van der Waals surface area contributed by atoms with Crippen LogP contribution in [0.15, 0.2) is 43.0 Å². The highest BCUT2D eigenvalue weighted by molar-refractivity contribution is 9.09. The van der Waals surface area contributed by atoms with Crippen molar-refractivity contribution in [2.24, 2.45) is 0 Å². The number of hydrogen-bond donors (Lipinski definition) is 1. The SMILES string of the molecule is C=CCN(C)CC=CCOc1ccc(C(=O)CC(O)CCCCCCCCCCBr)cc1F. The number of ketones is 1. The molecule has 0 aliphatic heterocycles. The lowest BCUT2D eigenvalue weighted by atomic mass is 10.0. The molecule has 0 saturated carbocycles. The summed E-state index contributed by atoms with van der Waals surface area (Å²) in [6.07, 6.45) is 15.0. The highest BCUT2D eigenvalue weighted by Gasteiger charge is 2.15. The number of benzene rings is 1. The van der Waals surface area contributed by atoms with Crippen molar-refractivity contribution in [1.82, 2.24) is 4.90 Å². The number of carbonyl (C=O) groups excluding carboxylic acids is 1. The van der Waals surface area contributed by atoms with Crippen LogP contribution >= 0.6 is 15.9 Å². The molecule has 1 atom stereocenters. The molecule has 33 heavy (non-hydrogen) atoms. The van der Waals surface area contributed by atoms with E-state index in [0.717, 1.165) is 31.3 Å². The van der Waals surface area contributed by atoms with E-state index in [1.54, 1.807) is 6.07 Å². The van der Waals surface area contributed by atoms with E-state index >= 15 is 0 Å². The minimum atomic E-state index is -0.681. The van der Waals surface area contributed by atoms with Crippen LogP contribution in [-0.4, -0.2) is 54.0 Å². The van der Waals surface area contributed by atoms with Crippen molar-refractivity contribution >= 4 is 21.7 Å². The molecule has 6 heteroatoms. The number of hydrogen-bond acceptors (Lipinski definition) is 4. The van der Waals surface area contributed by atoms with Gasteiger partial charge in [-0.15, -0.1) is 6.58 Å². The highest BCUT2D eigenvalue weighted by Crippen LogP contribution is 2.20. The number of aliphatic hydroxyl groups is 1. The van der Waals surface area contributed by atoms with Gasteiger partial charge < -0.3 is 9.84 Å². The zero-order valence-electron chi connectivity index (χ0n) is 20.1. The standard InChI is InChI=1S/C27H41BrFNO3/c1-3-18-30(2)19-12-13-20-33-27-16-15-23(21-25(27)29)26(32)22-24(31)14-10-8-6-4-5-7-9-11-17-28/h3,12-13,15-16,21,24,31H,1,4-11,14,17-20,22H2,2H3. The van der Waals surface area contributed by atoms with Crippen LogP contribution in [-0.2, 0) is 0 Å². The topological polar surface area (TPSA) is 49.8 Å². The van der Waals surface area contributed by atoms with Gasteiger partial charge in [0.2, 0.25) is 0 Å². The molecule has 0 amide bonds. The predicted octanol–water partition coefficient (Wildman–Crippen LogP) is 6.72. The number of Topliss-reactive ketones (excluding diaryl/α,β-unsaturated/α-hetero) is 1. The molecule has 0 saturated heterocycles. The Hall–Kier alpha value is -1.50. The smallest absolute Gasteiger partial charge is 0.165 e.